The van der Waals surface area contributed by atoms with Crippen LogP contribution in [0.15, 0.2) is 34.9 Å². The largest absolute Gasteiger partial charge is 0.360 e. The number of carbonyl (C=O) groups is 1. The van der Waals surface area contributed by atoms with E-state index in [-0.39, 0.29) is 24.4 Å². The number of hydrogen-bond acceptors (Lipinski definition) is 4. The van der Waals surface area contributed by atoms with Gasteiger partial charge in [-0.2, -0.15) is 0 Å². The monoisotopic (exact) mass is 337 g/mol. The number of amides is 1. The van der Waals surface area contributed by atoms with Crippen LogP contribution in [-0.4, -0.2) is 23.7 Å². The van der Waals surface area contributed by atoms with Crippen LogP contribution >= 0.6 is 12.4 Å². The molecule has 1 unspecified atom stereocenters. The molecule has 6 heteroatoms. The fraction of sp³-hybridized carbons (Fsp3) is 0.412. The molecule has 5 nitrogen and oxygen atoms in total. The molecular formula is C17H24ClN3O2. The zero-order chi connectivity index (χ0) is 15.9. The molecule has 0 spiro atoms. The molecule has 126 valence electrons. The Labute approximate surface area is 143 Å². The van der Waals surface area contributed by atoms with E-state index in [1.807, 2.05) is 30.3 Å². The lowest BCUT2D eigenvalue weighted by molar-refractivity contribution is 0.0935. The Bertz CT molecular complexity index is 614. The van der Waals surface area contributed by atoms with Crippen LogP contribution < -0.4 is 11.1 Å². The number of benzene rings is 1. The third-order valence-electron chi connectivity index (χ3n) is 3.66. The van der Waals surface area contributed by atoms with Crippen LogP contribution in [0.3, 0.4) is 0 Å². The van der Waals surface area contributed by atoms with Crippen molar-refractivity contribution >= 4 is 18.3 Å². The van der Waals surface area contributed by atoms with Crippen molar-refractivity contribution in [1.29, 1.82) is 0 Å². The zero-order valence-electron chi connectivity index (χ0n) is 13.5. The molecule has 0 saturated heterocycles. The number of nitrogens with zero attached hydrogens (tertiary/aromatic N) is 1. The number of aryl methyl sites for hydroxylation is 1. The topological polar surface area (TPSA) is 81.1 Å². The lowest BCUT2D eigenvalue weighted by Crippen LogP contribution is -2.40. The van der Waals surface area contributed by atoms with Gasteiger partial charge in [0.15, 0.2) is 0 Å². The number of nitrogens with one attached hydrogen (secondary N) is 1. The van der Waals surface area contributed by atoms with Crippen LogP contribution in [0.1, 0.15) is 42.3 Å². The maximum absolute atomic E-state index is 12.6. The van der Waals surface area contributed by atoms with Crippen molar-refractivity contribution in [3.8, 4) is 11.3 Å². The summed E-state index contributed by atoms with van der Waals surface area (Å²) in [4.78, 5) is 12.6. The number of halogens is 1. The fourth-order valence-corrected chi connectivity index (χ4v) is 2.39. The van der Waals surface area contributed by atoms with E-state index in [4.69, 9.17) is 10.3 Å². The van der Waals surface area contributed by atoms with Crippen LogP contribution in [-0.2, 0) is 0 Å². The van der Waals surface area contributed by atoms with Crippen LogP contribution in [0, 0.1) is 6.92 Å². The highest BCUT2D eigenvalue weighted by molar-refractivity contribution is 6.00. The Morgan fingerprint density at radius 2 is 2.04 bits per heavy atom. The van der Waals surface area contributed by atoms with E-state index in [1.54, 1.807) is 6.92 Å². The smallest absolute Gasteiger partial charge is 0.257 e. The van der Waals surface area contributed by atoms with Gasteiger partial charge in [-0.15, -0.1) is 12.4 Å². The number of hydrogen-bond donors (Lipinski definition) is 2. The van der Waals surface area contributed by atoms with Gasteiger partial charge in [-0.1, -0.05) is 55.3 Å². The molecule has 1 amide bonds. The first-order valence-electron chi connectivity index (χ1n) is 7.70. The van der Waals surface area contributed by atoms with E-state index in [2.05, 4.69) is 17.4 Å². The second kappa shape index (κ2) is 9.33. The summed E-state index contributed by atoms with van der Waals surface area (Å²) < 4.78 is 5.23. The molecule has 2 aromatic rings. The van der Waals surface area contributed by atoms with E-state index in [0.717, 1.165) is 24.8 Å². The summed E-state index contributed by atoms with van der Waals surface area (Å²) in [6, 6.07) is 9.53. The van der Waals surface area contributed by atoms with E-state index >= 15 is 0 Å². The number of unbranched alkanes of at least 4 members (excludes halogenated alkanes) is 1. The van der Waals surface area contributed by atoms with Crippen molar-refractivity contribution in [3.63, 3.8) is 0 Å². The first kappa shape index (κ1) is 19.2. The molecule has 1 atom stereocenters. The Hall–Kier alpha value is -1.85. The van der Waals surface area contributed by atoms with Crippen molar-refractivity contribution in [2.24, 2.45) is 5.73 Å². The fourth-order valence-electron chi connectivity index (χ4n) is 2.39. The van der Waals surface area contributed by atoms with Gasteiger partial charge >= 0.3 is 0 Å². The molecule has 1 aromatic heterocycles. The summed E-state index contributed by atoms with van der Waals surface area (Å²) in [7, 11) is 0. The lowest BCUT2D eigenvalue weighted by atomic mass is 10.0. The molecule has 1 heterocycles. The first-order valence-corrected chi connectivity index (χ1v) is 7.70. The molecule has 0 aliphatic rings. The molecule has 0 aliphatic carbocycles. The predicted molar refractivity (Wildman–Crippen MR) is 93.8 cm³/mol. The van der Waals surface area contributed by atoms with Crippen molar-refractivity contribution in [1.82, 2.24) is 10.5 Å². The third kappa shape index (κ3) is 4.81. The number of carbonyl (C=O) groups excluding carboxylic acids is 1. The number of nitrogens with two attached hydrogens (primary N) is 1. The van der Waals surface area contributed by atoms with Crippen molar-refractivity contribution in [3.05, 3.63) is 41.7 Å². The van der Waals surface area contributed by atoms with Gasteiger partial charge in [0.1, 0.15) is 17.0 Å². The van der Waals surface area contributed by atoms with Crippen molar-refractivity contribution in [2.75, 3.05) is 6.54 Å². The minimum Gasteiger partial charge on any atom is -0.360 e. The lowest BCUT2D eigenvalue weighted by Gasteiger charge is -2.16. The Balaban J connectivity index is 0.00000264. The highest BCUT2D eigenvalue weighted by Gasteiger charge is 2.23. The van der Waals surface area contributed by atoms with Gasteiger partial charge in [-0.25, -0.2) is 0 Å². The van der Waals surface area contributed by atoms with Gasteiger partial charge in [0.05, 0.1) is 0 Å². The summed E-state index contributed by atoms with van der Waals surface area (Å²) in [5.74, 6) is 0.340. The molecule has 2 rings (SSSR count). The summed E-state index contributed by atoms with van der Waals surface area (Å²) in [6.07, 6.45) is 2.99. The van der Waals surface area contributed by atoms with Gasteiger partial charge < -0.3 is 15.6 Å². The highest BCUT2D eigenvalue weighted by Crippen LogP contribution is 2.25. The average Bonchev–Trinajstić information content (AvgIpc) is 2.93. The highest BCUT2D eigenvalue weighted by atomic mass is 35.5. The van der Waals surface area contributed by atoms with Gasteiger partial charge in [0, 0.05) is 18.2 Å². The molecule has 1 aromatic carbocycles. The molecule has 0 radical (unpaired) electrons. The quantitative estimate of drug-likeness (QED) is 0.812. The van der Waals surface area contributed by atoms with E-state index in [9.17, 15) is 4.79 Å². The van der Waals surface area contributed by atoms with E-state index in [1.165, 1.54) is 0 Å². The van der Waals surface area contributed by atoms with Crippen molar-refractivity contribution in [2.45, 2.75) is 39.2 Å². The second-order valence-corrected chi connectivity index (χ2v) is 5.38. The predicted octanol–water partition coefficient (Wildman–Crippen LogP) is 3.32. The van der Waals surface area contributed by atoms with E-state index in [0.29, 0.717) is 23.6 Å². The van der Waals surface area contributed by atoms with Crippen LogP contribution in [0.2, 0.25) is 0 Å². The number of aromatic nitrogens is 1. The molecular weight excluding hydrogens is 314 g/mol. The normalized spacial score (nSPS) is 11.6. The number of rotatable bonds is 7. The van der Waals surface area contributed by atoms with Crippen molar-refractivity contribution < 1.29 is 9.32 Å². The van der Waals surface area contributed by atoms with Gasteiger partial charge in [-0.05, 0) is 13.3 Å². The summed E-state index contributed by atoms with van der Waals surface area (Å²) in [5.41, 5.74) is 7.67. The molecule has 0 bridgehead atoms. The van der Waals surface area contributed by atoms with Crippen LogP contribution in [0.25, 0.3) is 11.3 Å². The zero-order valence-corrected chi connectivity index (χ0v) is 14.4. The molecule has 23 heavy (non-hydrogen) atoms. The molecule has 0 fully saturated rings. The summed E-state index contributed by atoms with van der Waals surface area (Å²) in [6.45, 7) is 4.29. The van der Waals surface area contributed by atoms with Gasteiger partial charge in [0.2, 0.25) is 0 Å². The van der Waals surface area contributed by atoms with Crippen LogP contribution in [0.4, 0.5) is 0 Å². The Kier molecular flexibility index (Phi) is 7.78. The van der Waals surface area contributed by atoms with Gasteiger partial charge in [-0.3, -0.25) is 4.79 Å². The maximum atomic E-state index is 12.6. The standard InChI is InChI=1S/C17H23N3O2.ClH/c1-3-4-10-14(11-18)19-17(21)15-12(2)22-20-16(15)13-8-6-5-7-9-13;/h5-9,14H,3-4,10-11,18H2,1-2H3,(H,19,21);1H. The Morgan fingerprint density at radius 1 is 1.35 bits per heavy atom. The first-order chi connectivity index (χ1) is 10.7. The average molecular weight is 338 g/mol. The molecule has 3 N–H and O–H groups in total. The molecule has 0 aliphatic heterocycles. The third-order valence-corrected chi connectivity index (χ3v) is 3.66. The summed E-state index contributed by atoms with van der Waals surface area (Å²) in [5, 5.41) is 7.03. The minimum absolute atomic E-state index is 0. The van der Waals surface area contributed by atoms with Crippen LogP contribution in [0.5, 0.6) is 0 Å². The maximum Gasteiger partial charge on any atom is 0.257 e. The van der Waals surface area contributed by atoms with E-state index < -0.39 is 0 Å². The minimum atomic E-state index is -0.177. The molecule has 0 saturated carbocycles. The SMILES string of the molecule is CCCCC(CN)NC(=O)c1c(-c2ccccc2)noc1C.Cl. The van der Waals surface area contributed by atoms with Gasteiger partial charge in [0.25, 0.3) is 5.91 Å². The Morgan fingerprint density at radius 3 is 2.65 bits per heavy atom. The second-order valence-electron chi connectivity index (χ2n) is 5.38. The summed E-state index contributed by atoms with van der Waals surface area (Å²) >= 11 is 0.